The lowest BCUT2D eigenvalue weighted by Gasteiger charge is -2.16. The lowest BCUT2D eigenvalue weighted by Crippen LogP contribution is -2.14. The zero-order chi connectivity index (χ0) is 14.7. The van der Waals surface area contributed by atoms with Crippen molar-refractivity contribution in [3.8, 4) is 0 Å². The third-order valence-electron chi connectivity index (χ3n) is 3.22. The highest BCUT2D eigenvalue weighted by Gasteiger charge is 2.11. The van der Waals surface area contributed by atoms with Gasteiger partial charge in [-0.2, -0.15) is 0 Å². The molecule has 0 aromatic heterocycles. The second-order valence-electron chi connectivity index (χ2n) is 5.00. The van der Waals surface area contributed by atoms with Gasteiger partial charge in [0.2, 0.25) is 0 Å². The van der Waals surface area contributed by atoms with E-state index in [-0.39, 0.29) is 0 Å². The zero-order valence-electron chi connectivity index (χ0n) is 11.7. The number of rotatable bonds is 4. The number of nitrogens with one attached hydrogen (secondary N) is 1. The van der Waals surface area contributed by atoms with Crippen LogP contribution >= 0.6 is 0 Å². The van der Waals surface area contributed by atoms with E-state index in [9.17, 15) is 4.79 Å². The van der Waals surface area contributed by atoms with Gasteiger partial charge in [0.25, 0.3) is 5.91 Å². The second-order valence-corrected chi connectivity index (χ2v) is 5.00. The van der Waals surface area contributed by atoms with Gasteiger partial charge in [0.15, 0.2) is 0 Å². The van der Waals surface area contributed by atoms with Crippen molar-refractivity contribution in [2.24, 2.45) is 5.73 Å². The summed E-state index contributed by atoms with van der Waals surface area (Å²) in [5.74, 6) is -0.137. The Morgan fingerprint density at radius 1 is 1.05 bits per heavy atom. The Hall–Kier alpha value is -2.49. The average Bonchev–Trinajstić information content (AvgIpc) is 2.41. The van der Waals surface area contributed by atoms with E-state index in [1.54, 1.807) is 12.1 Å². The predicted molar refractivity (Wildman–Crippen MR) is 83.2 cm³/mol. The monoisotopic (exact) mass is 269 g/mol. The van der Waals surface area contributed by atoms with Gasteiger partial charge in [-0.1, -0.05) is 38.1 Å². The van der Waals surface area contributed by atoms with Gasteiger partial charge >= 0.3 is 0 Å². The number of nitrogens with two attached hydrogens (primary N) is 2. The smallest absolute Gasteiger partial charge is 0.250 e. The average molecular weight is 269 g/mol. The Bertz CT molecular complexity index is 635. The van der Waals surface area contributed by atoms with Gasteiger partial charge in [0.05, 0.1) is 16.9 Å². The molecule has 0 saturated carbocycles. The molecule has 0 saturated heterocycles. The van der Waals surface area contributed by atoms with Crippen molar-refractivity contribution in [1.29, 1.82) is 0 Å². The minimum absolute atomic E-state index is 0.331. The van der Waals surface area contributed by atoms with E-state index in [1.165, 1.54) is 5.56 Å². The third-order valence-corrected chi connectivity index (χ3v) is 3.22. The van der Waals surface area contributed by atoms with Crippen LogP contribution in [0.15, 0.2) is 42.5 Å². The van der Waals surface area contributed by atoms with Crippen LogP contribution in [0.25, 0.3) is 0 Å². The van der Waals surface area contributed by atoms with Gasteiger partial charge in [0.1, 0.15) is 0 Å². The minimum atomic E-state index is -0.525. The molecule has 2 rings (SSSR count). The van der Waals surface area contributed by atoms with Crippen LogP contribution < -0.4 is 16.8 Å². The van der Waals surface area contributed by atoms with Gasteiger partial charge in [-0.15, -0.1) is 0 Å². The Morgan fingerprint density at radius 3 is 2.35 bits per heavy atom. The summed E-state index contributed by atoms with van der Waals surface area (Å²) in [5.41, 5.74) is 14.9. The first-order valence-electron chi connectivity index (χ1n) is 6.55. The van der Waals surface area contributed by atoms with Crippen LogP contribution in [0.1, 0.15) is 35.7 Å². The van der Waals surface area contributed by atoms with Crippen LogP contribution in [0.4, 0.5) is 17.1 Å². The maximum Gasteiger partial charge on any atom is 0.250 e. The number of carbonyl (C=O) groups is 1. The molecule has 0 aliphatic heterocycles. The first-order valence-corrected chi connectivity index (χ1v) is 6.55. The molecule has 0 unspecified atom stereocenters. The van der Waals surface area contributed by atoms with Crippen LogP contribution in [0, 0.1) is 0 Å². The fourth-order valence-electron chi connectivity index (χ4n) is 2.15. The van der Waals surface area contributed by atoms with Gasteiger partial charge < -0.3 is 16.8 Å². The highest BCUT2D eigenvalue weighted by atomic mass is 16.1. The maximum absolute atomic E-state index is 11.3. The molecule has 1 amide bonds. The molecular formula is C16H19N3O. The molecule has 0 aliphatic rings. The summed E-state index contributed by atoms with van der Waals surface area (Å²) < 4.78 is 0. The van der Waals surface area contributed by atoms with Crippen molar-refractivity contribution in [3.05, 3.63) is 53.6 Å². The molecular weight excluding hydrogens is 250 g/mol. The second kappa shape index (κ2) is 5.65. The molecule has 2 aromatic carbocycles. The van der Waals surface area contributed by atoms with E-state index in [1.807, 2.05) is 24.3 Å². The lowest BCUT2D eigenvalue weighted by atomic mass is 10.0. The van der Waals surface area contributed by atoms with Gasteiger partial charge in [-0.25, -0.2) is 0 Å². The molecule has 4 heteroatoms. The van der Waals surface area contributed by atoms with Gasteiger partial charge in [-0.3, -0.25) is 4.79 Å². The molecule has 0 radical (unpaired) electrons. The molecule has 104 valence electrons. The highest BCUT2D eigenvalue weighted by molar-refractivity contribution is 6.01. The number of amides is 1. The third kappa shape index (κ3) is 2.74. The van der Waals surface area contributed by atoms with Crippen molar-refractivity contribution < 1.29 is 4.79 Å². The fraction of sp³-hybridized carbons (Fsp3) is 0.188. The predicted octanol–water partition coefficient (Wildman–Crippen LogP) is 3.23. The summed E-state index contributed by atoms with van der Waals surface area (Å²) in [6, 6.07) is 13.2. The van der Waals surface area contributed by atoms with Crippen LogP contribution in [0.3, 0.4) is 0 Å². The van der Waals surface area contributed by atoms with E-state index in [2.05, 4.69) is 25.2 Å². The molecule has 0 fully saturated rings. The van der Waals surface area contributed by atoms with E-state index >= 15 is 0 Å². The highest BCUT2D eigenvalue weighted by Crippen LogP contribution is 2.30. The first kappa shape index (κ1) is 13.9. The van der Waals surface area contributed by atoms with Crippen molar-refractivity contribution >= 4 is 23.0 Å². The van der Waals surface area contributed by atoms with Crippen LogP contribution in [-0.2, 0) is 0 Å². The van der Waals surface area contributed by atoms with E-state index in [4.69, 9.17) is 11.5 Å². The molecule has 0 atom stereocenters. The minimum Gasteiger partial charge on any atom is -0.396 e. The van der Waals surface area contributed by atoms with Crippen LogP contribution in [-0.4, -0.2) is 5.91 Å². The molecule has 5 N–H and O–H groups in total. The van der Waals surface area contributed by atoms with E-state index in [0.29, 0.717) is 22.9 Å². The van der Waals surface area contributed by atoms with Crippen molar-refractivity contribution in [3.63, 3.8) is 0 Å². The Morgan fingerprint density at radius 2 is 1.70 bits per heavy atom. The maximum atomic E-state index is 11.3. The Kier molecular flexibility index (Phi) is 3.94. The number of primary amides is 1. The Balaban J connectivity index is 2.41. The summed E-state index contributed by atoms with van der Waals surface area (Å²) >= 11 is 0. The van der Waals surface area contributed by atoms with Gasteiger partial charge in [-0.05, 0) is 29.7 Å². The standard InChI is InChI=1S/C16H19N3O/c1-10(2)11-6-3-4-8-13(11)19-14-9-5-7-12(15(14)17)16(18)20/h3-10,19H,17H2,1-2H3,(H2,18,20). The SMILES string of the molecule is CC(C)c1ccccc1Nc1cccc(C(N)=O)c1N. The van der Waals surface area contributed by atoms with Crippen molar-refractivity contribution in [2.75, 3.05) is 11.1 Å². The van der Waals surface area contributed by atoms with Gasteiger partial charge in [0, 0.05) is 5.69 Å². The molecule has 0 spiro atoms. The summed E-state index contributed by atoms with van der Waals surface area (Å²) in [4.78, 5) is 11.3. The number of hydrogen-bond donors (Lipinski definition) is 3. The largest absolute Gasteiger partial charge is 0.396 e. The summed E-state index contributed by atoms with van der Waals surface area (Å²) in [7, 11) is 0. The first-order chi connectivity index (χ1) is 9.50. The van der Waals surface area contributed by atoms with E-state index in [0.717, 1.165) is 5.69 Å². The van der Waals surface area contributed by atoms with Crippen LogP contribution in [0.5, 0.6) is 0 Å². The zero-order valence-corrected chi connectivity index (χ0v) is 11.7. The Labute approximate surface area is 118 Å². The number of nitrogen functional groups attached to an aromatic ring is 1. The number of para-hydroxylation sites is 2. The number of benzene rings is 2. The normalized spacial score (nSPS) is 10.6. The molecule has 0 aliphatic carbocycles. The molecule has 2 aromatic rings. The van der Waals surface area contributed by atoms with Crippen molar-refractivity contribution in [1.82, 2.24) is 0 Å². The number of anilines is 3. The number of hydrogen-bond acceptors (Lipinski definition) is 3. The topological polar surface area (TPSA) is 81.1 Å². The molecule has 0 bridgehead atoms. The summed E-state index contributed by atoms with van der Waals surface area (Å²) in [6.45, 7) is 4.26. The van der Waals surface area contributed by atoms with Crippen LogP contribution in [0.2, 0.25) is 0 Å². The van der Waals surface area contributed by atoms with E-state index < -0.39 is 5.91 Å². The van der Waals surface area contributed by atoms with Crippen molar-refractivity contribution in [2.45, 2.75) is 19.8 Å². The fourth-order valence-corrected chi connectivity index (χ4v) is 2.15. The summed E-state index contributed by atoms with van der Waals surface area (Å²) in [6.07, 6.45) is 0. The lowest BCUT2D eigenvalue weighted by molar-refractivity contribution is 0.100. The molecule has 20 heavy (non-hydrogen) atoms. The quantitative estimate of drug-likeness (QED) is 0.745. The molecule has 0 heterocycles. The number of carbonyl (C=O) groups excluding carboxylic acids is 1. The summed E-state index contributed by atoms with van der Waals surface area (Å²) in [5, 5.41) is 3.28. The molecule has 4 nitrogen and oxygen atoms in total.